The van der Waals surface area contributed by atoms with Crippen LogP contribution < -0.4 is 0 Å². The summed E-state index contributed by atoms with van der Waals surface area (Å²) in [6, 6.07) is 12.9. The average molecular weight is 239 g/mol. The fraction of sp³-hybridized carbons (Fsp3) is 0.267. The molecule has 0 saturated heterocycles. The molecule has 0 spiro atoms. The first-order valence-electron chi connectivity index (χ1n) is 5.74. The van der Waals surface area contributed by atoms with Gasteiger partial charge in [-0.15, -0.1) is 11.3 Å². The topological polar surface area (TPSA) is 23.8 Å². The van der Waals surface area contributed by atoms with Crippen LogP contribution in [0.2, 0.25) is 0 Å². The summed E-state index contributed by atoms with van der Waals surface area (Å²) in [5.74, 6) is 0. The predicted octanol–water partition coefficient (Wildman–Crippen LogP) is 4.12. The highest BCUT2D eigenvalue weighted by molar-refractivity contribution is 7.16. The molecule has 2 aromatic rings. The van der Waals surface area contributed by atoms with Crippen LogP contribution >= 0.6 is 11.3 Å². The zero-order valence-corrected chi connectivity index (χ0v) is 10.8. The van der Waals surface area contributed by atoms with Gasteiger partial charge in [0.1, 0.15) is 10.9 Å². The van der Waals surface area contributed by atoms with E-state index in [0.717, 1.165) is 11.3 Å². The van der Waals surface area contributed by atoms with Gasteiger partial charge >= 0.3 is 0 Å². The van der Waals surface area contributed by atoms with E-state index in [4.69, 9.17) is 5.26 Å². The summed E-state index contributed by atoms with van der Waals surface area (Å²) in [6.45, 7) is 4.55. The third-order valence-corrected chi connectivity index (χ3v) is 4.57. The second-order valence-corrected chi connectivity index (χ2v) is 6.24. The molecule has 0 fully saturated rings. The van der Waals surface area contributed by atoms with Crippen LogP contribution in [0.5, 0.6) is 0 Å². The summed E-state index contributed by atoms with van der Waals surface area (Å²) in [6.07, 6.45) is 1.03. The number of hydrogen-bond acceptors (Lipinski definition) is 2. The summed E-state index contributed by atoms with van der Waals surface area (Å²) in [4.78, 5) is 2.11. The monoisotopic (exact) mass is 239 g/mol. The molecule has 1 nitrogen and oxygen atoms in total. The quantitative estimate of drug-likeness (QED) is 0.678. The van der Waals surface area contributed by atoms with Gasteiger partial charge in [-0.3, -0.25) is 0 Å². The van der Waals surface area contributed by atoms with Gasteiger partial charge in [0.2, 0.25) is 0 Å². The molecule has 1 aliphatic carbocycles. The Kier molecular flexibility index (Phi) is 2.14. The molecule has 84 valence electrons. The molecule has 1 aromatic carbocycles. The Morgan fingerprint density at radius 3 is 2.82 bits per heavy atom. The first-order chi connectivity index (χ1) is 8.12. The van der Waals surface area contributed by atoms with Gasteiger partial charge in [-0.1, -0.05) is 38.1 Å². The Labute approximate surface area is 105 Å². The van der Waals surface area contributed by atoms with Crippen molar-refractivity contribution >= 4 is 11.3 Å². The van der Waals surface area contributed by atoms with Crippen molar-refractivity contribution in [3.05, 3.63) is 46.3 Å². The molecule has 3 rings (SSSR count). The lowest BCUT2D eigenvalue weighted by atomic mass is 9.73. The van der Waals surface area contributed by atoms with Crippen LogP contribution in [-0.4, -0.2) is 0 Å². The van der Waals surface area contributed by atoms with E-state index in [1.807, 2.05) is 0 Å². The summed E-state index contributed by atoms with van der Waals surface area (Å²) >= 11 is 1.62. The third kappa shape index (κ3) is 1.50. The summed E-state index contributed by atoms with van der Waals surface area (Å²) in [5.41, 5.74) is 4.21. The van der Waals surface area contributed by atoms with Crippen molar-refractivity contribution in [2.75, 3.05) is 0 Å². The second-order valence-electron chi connectivity index (χ2n) is 5.18. The molecule has 0 bridgehead atoms. The maximum absolute atomic E-state index is 9.03. The fourth-order valence-electron chi connectivity index (χ4n) is 2.69. The molecule has 1 aromatic heterocycles. The van der Waals surface area contributed by atoms with Gasteiger partial charge in [-0.05, 0) is 34.6 Å². The first-order valence-corrected chi connectivity index (χ1v) is 6.56. The standard InChI is InChI=1S/C15H13NS/c1-15(2)8-10-7-11(9-16)17-14(10)12-5-3-4-6-13(12)15/h3-7H,8H2,1-2H3. The lowest BCUT2D eigenvalue weighted by Gasteiger charge is -2.32. The summed E-state index contributed by atoms with van der Waals surface area (Å²) in [5, 5.41) is 9.03. The highest BCUT2D eigenvalue weighted by Crippen LogP contribution is 2.46. The molecule has 1 heterocycles. The number of nitriles is 1. The van der Waals surface area contributed by atoms with Gasteiger partial charge in [-0.2, -0.15) is 5.26 Å². The van der Waals surface area contributed by atoms with Crippen molar-refractivity contribution in [3.8, 4) is 16.5 Å². The average Bonchev–Trinajstić information content (AvgIpc) is 2.71. The first kappa shape index (κ1) is 10.6. The smallest absolute Gasteiger partial charge is 0.110 e. The molecular formula is C15H13NS. The van der Waals surface area contributed by atoms with Gasteiger partial charge < -0.3 is 0 Å². The van der Waals surface area contributed by atoms with Crippen molar-refractivity contribution in [1.82, 2.24) is 0 Å². The van der Waals surface area contributed by atoms with E-state index >= 15 is 0 Å². The number of fused-ring (bicyclic) bond motifs is 3. The van der Waals surface area contributed by atoms with Crippen molar-refractivity contribution in [2.45, 2.75) is 25.7 Å². The summed E-state index contributed by atoms with van der Waals surface area (Å²) < 4.78 is 0. The van der Waals surface area contributed by atoms with Crippen molar-refractivity contribution in [1.29, 1.82) is 5.26 Å². The zero-order valence-electron chi connectivity index (χ0n) is 9.95. The number of thiophene rings is 1. The molecule has 0 aliphatic heterocycles. The SMILES string of the molecule is CC1(C)Cc2cc(C#N)sc2-c2ccccc21. The Bertz CT molecular complexity index is 629. The highest BCUT2D eigenvalue weighted by Gasteiger charge is 2.31. The minimum absolute atomic E-state index is 0.164. The maximum Gasteiger partial charge on any atom is 0.110 e. The molecule has 17 heavy (non-hydrogen) atoms. The van der Waals surface area contributed by atoms with Crippen LogP contribution in [0, 0.1) is 11.3 Å². The van der Waals surface area contributed by atoms with E-state index in [2.05, 4.69) is 50.2 Å². The molecule has 2 heteroatoms. The van der Waals surface area contributed by atoms with Crippen LogP contribution in [0.3, 0.4) is 0 Å². The molecule has 0 unspecified atom stereocenters. The molecule has 0 amide bonds. The highest BCUT2D eigenvalue weighted by atomic mass is 32.1. The van der Waals surface area contributed by atoms with Crippen LogP contribution in [-0.2, 0) is 11.8 Å². The summed E-state index contributed by atoms with van der Waals surface area (Å²) in [7, 11) is 0. The van der Waals surface area contributed by atoms with Gasteiger partial charge in [0.25, 0.3) is 0 Å². The van der Waals surface area contributed by atoms with Crippen molar-refractivity contribution < 1.29 is 0 Å². The maximum atomic E-state index is 9.03. The Hall–Kier alpha value is -1.59. The van der Waals surface area contributed by atoms with Crippen LogP contribution in [0.15, 0.2) is 30.3 Å². The van der Waals surface area contributed by atoms with Crippen LogP contribution in [0.25, 0.3) is 10.4 Å². The third-order valence-electron chi connectivity index (χ3n) is 3.45. The van der Waals surface area contributed by atoms with E-state index in [1.165, 1.54) is 21.6 Å². The zero-order chi connectivity index (χ0) is 12.0. The van der Waals surface area contributed by atoms with Crippen LogP contribution in [0.4, 0.5) is 0 Å². The minimum Gasteiger partial charge on any atom is -0.192 e. The Morgan fingerprint density at radius 1 is 1.29 bits per heavy atom. The predicted molar refractivity (Wildman–Crippen MR) is 71.2 cm³/mol. The number of benzene rings is 1. The van der Waals surface area contributed by atoms with Crippen LogP contribution in [0.1, 0.15) is 29.9 Å². The molecule has 0 radical (unpaired) electrons. The lowest BCUT2D eigenvalue weighted by molar-refractivity contribution is 0.518. The molecule has 0 atom stereocenters. The van der Waals surface area contributed by atoms with E-state index in [0.29, 0.717) is 0 Å². The van der Waals surface area contributed by atoms with E-state index < -0.39 is 0 Å². The number of nitrogens with zero attached hydrogens (tertiary/aromatic N) is 1. The second kappa shape index (κ2) is 3.45. The normalized spacial score (nSPS) is 15.8. The molecule has 0 N–H and O–H groups in total. The van der Waals surface area contributed by atoms with Gasteiger partial charge in [-0.25, -0.2) is 0 Å². The van der Waals surface area contributed by atoms with Gasteiger partial charge in [0.15, 0.2) is 0 Å². The number of rotatable bonds is 0. The minimum atomic E-state index is 0.164. The van der Waals surface area contributed by atoms with Gasteiger partial charge in [0.05, 0.1) is 0 Å². The molecule has 1 aliphatic rings. The van der Waals surface area contributed by atoms with E-state index in [1.54, 1.807) is 11.3 Å². The Balaban J connectivity index is 2.31. The van der Waals surface area contributed by atoms with Crippen molar-refractivity contribution in [2.24, 2.45) is 0 Å². The Morgan fingerprint density at radius 2 is 2.06 bits per heavy atom. The van der Waals surface area contributed by atoms with Crippen molar-refractivity contribution in [3.63, 3.8) is 0 Å². The molecule has 0 saturated carbocycles. The number of hydrogen-bond donors (Lipinski definition) is 0. The van der Waals surface area contributed by atoms with E-state index in [-0.39, 0.29) is 5.41 Å². The lowest BCUT2D eigenvalue weighted by Crippen LogP contribution is -2.24. The van der Waals surface area contributed by atoms with E-state index in [9.17, 15) is 0 Å². The largest absolute Gasteiger partial charge is 0.192 e. The van der Waals surface area contributed by atoms with Gasteiger partial charge in [0, 0.05) is 4.88 Å². The fourth-order valence-corrected chi connectivity index (χ4v) is 3.70. The molecular weight excluding hydrogens is 226 g/mol.